The van der Waals surface area contributed by atoms with Crippen molar-refractivity contribution < 1.29 is 0 Å². The first-order valence-corrected chi connectivity index (χ1v) is 4.50. The van der Waals surface area contributed by atoms with E-state index in [4.69, 9.17) is 0 Å². The smallest absolute Gasteiger partial charge is 0.0238 e. The van der Waals surface area contributed by atoms with E-state index in [0.717, 1.165) is 23.2 Å². The average Bonchev–Trinajstić information content (AvgIpc) is 2.52. The Balaban J connectivity index is 2.11. The number of rotatable bonds is 1. The Morgan fingerprint density at radius 1 is 1.50 bits per heavy atom. The first-order valence-electron chi connectivity index (χ1n) is 4.50. The Morgan fingerprint density at radius 2 is 2.20 bits per heavy atom. The Labute approximate surface area is 64.0 Å². The lowest BCUT2D eigenvalue weighted by Gasteiger charge is -2.15. The van der Waals surface area contributed by atoms with Gasteiger partial charge in [0.1, 0.15) is 0 Å². The third kappa shape index (κ3) is 0.627. The molecular weight excluding hydrogens is 120 g/mol. The highest BCUT2D eigenvalue weighted by molar-refractivity contribution is 5.16. The van der Waals surface area contributed by atoms with Gasteiger partial charge in [0.25, 0.3) is 0 Å². The molecule has 0 spiro atoms. The molecule has 0 saturated heterocycles. The van der Waals surface area contributed by atoms with E-state index in [1.807, 2.05) is 0 Å². The van der Waals surface area contributed by atoms with Crippen LogP contribution in [0.5, 0.6) is 0 Å². The fourth-order valence-corrected chi connectivity index (χ4v) is 2.76. The van der Waals surface area contributed by atoms with E-state index < -0.39 is 0 Å². The van der Waals surface area contributed by atoms with E-state index in [0.29, 0.717) is 0 Å². The largest absolute Gasteiger partial charge is 0.0622 e. The lowest BCUT2D eigenvalue weighted by Crippen LogP contribution is -2.07. The van der Waals surface area contributed by atoms with Crippen LogP contribution in [0, 0.1) is 29.6 Å². The molecule has 3 unspecified atom stereocenters. The van der Waals surface area contributed by atoms with Crippen molar-refractivity contribution in [1.29, 1.82) is 0 Å². The van der Waals surface area contributed by atoms with E-state index in [1.54, 1.807) is 0 Å². The zero-order chi connectivity index (χ0) is 7.35. The third-order valence-electron chi connectivity index (χ3n) is 3.83. The molecule has 2 rings (SSSR count). The van der Waals surface area contributed by atoms with Gasteiger partial charge in [0.2, 0.25) is 0 Å². The molecular formula is C10H17. The fourth-order valence-electron chi connectivity index (χ4n) is 2.76. The quantitative estimate of drug-likeness (QED) is 0.521. The van der Waals surface area contributed by atoms with Crippen LogP contribution < -0.4 is 0 Å². The van der Waals surface area contributed by atoms with E-state index in [2.05, 4.69) is 27.2 Å². The lowest BCUT2D eigenvalue weighted by molar-refractivity contribution is 0.347. The van der Waals surface area contributed by atoms with Gasteiger partial charge in [0, 0.05) is 0 Å². The SMILES string of the molecule is CC1[CH]CC2(C(C)C)CC12. The molecule has 1 radical (unpaired) electrons. The van der Waals surface area contributed by atoms with Crippen LogP contribution in [0.4, 0.5) is 0 Å². The summed E-state index contributed by atoms with van der Waals surface area (Å²) < 4.78 is 0. The molecule has 2 aliphatic rings. The van der Waals surface area contributed by atoms with Gasteiger partial charge < -0.3 is 0 Å². The highest BCUT2D eigenvalue weighted by Crippen LogP contribution is 2.69. The molecule has 0 heteroatoms. The summed E-state index contributed by atoms with van der Waals surface area (Å²) >= 11 is 0. The summed E-state index contributed by atoms with van der Waals surface area (Å²) in [4.78, 5) is 0. The van der Waals surface area contributed by atoms with E-state index >= 15 is 0 Å². The zero-order valence-corrected chi connectivity index (χ0v) is 7.22. The number of hydrogen-bond donors (Lipinski definition) is 0. The summed E-state index contributed by atoms with van der Waals surface area (Å²) in [6, 6.07) is 0. The average molecular weight is 137 g/mol. The van der Waals surface area contributed by atoms with Crippen LogP contribution in [0.3, 0.4) is 0 Å². The second-order valence-corrected chi connectivity index (χ2v) is 4.50. The van der Waals surface area contributed by atoms with Gasteiger partial charge in [-0.25, -0.2) is 0 Å². The molecule has 0 aromatic carbocycles. The van der Waals surface area contributed by atoms with Crippen molar-refractivity contribution in [2.24, 2.45) is 23.2 Å². The summed E-state index contributed by atoms with van der Waals surface area (Å²) in [6.45, 7) is 7.14. The maximum atomic E-state index is 2.52. The molecule has 0 aromatic rings. The van der Waals surface area contributed by atoms with Crippen molar-refractivity contribution in [2.45, 2.75) is 33.6 Å². The standard InChI is InChI=1S/C10H17/c1-7(2)10-5-4-8(3)9(10)6-10/h4,7-9H,5-6H2,1-3H3. The van der Waals surface area contributed by atoms with Crippen molar-refractivity contribution in [1.82, 2.24) is 0 Å². The molecule has 2 saturated carbocycles. The molecule has 0 bridgehead atoms. The van der Waals surface area contributed by atoms with Gasteiger partial charge in [0.15, 0.2) is 0 Å². The number of fused-ring (bicyclic) bond motifs is 1. The summed E-state index contributed by atoms with van der Waals surface area (Å²) in [5, 5.41) is 0. The normalized spacial score (nSPS) is 51.6. The molecule has 2 fully saturated rings. The van der Waals surface area contributed by atoms with Gasteiger partial charge in [-0.05, 0) is 42.4 Å². The minimum absolute atomic E-state index is 0.777. The molecule has 0 nitrogen and oxygen atoms in total. The van der Waals surface area contributed by atoms with Gasteiger partial charge >= 0.3 is 0 Å². The minimum atomic E-state index is 0.777. The molecule has 0 amide bonds. The van der Waals surface area contributed by atoms with E-state index in [-0.39, 0.29) is 0 Å². The minimum Gasteiger partial charge on any atom is -0.0622 e. The molecule has 10 heavy (non-hydrogen) atoms. The molecule has 0 N–H and O–H groups in total. The summed E-state index contributed by atoms with van der Waals surface area (Å²) in [5.41, 5.74) is 0.777. The van der Waals surface area contributed by atoms with Gasteiger partial charge in [-0.15, -0.1) is 0 Å². The van der Waals surface area contributed by atoms with Crippen molar-refractivity contribution in [3.63, 3.8) is 0 Å². The molecule has 3 atom stereocenters. The molecule has 0 aromatic heterocycles. The maximum absolute atomic E-state index is 2.52. The second-order valence-electron chi connectivity index (χ2n) is 4.50. The molecule has 0 aliphatic heterocycles. The van der Waals surface area contributed by atoms with Crippen molar-refractivity contribution >= 4 is 0 Å². The van der Waals surface area contributed by atoms with Crippen LogP contribution in [-0.4, -0.2) is 0 Å². The van der Waals surface area contributed by atoms with Gasteiger partial charge in [-0.3, -0.25) is 0 Å². The third-order valence-corrected chi connectivity index (χ3v) is 3.83. The van der Waals surface area contributed by atoms with Crippen LogP contribution in [0.15, 0.2) is 0 Å². The van der Waals surface area contributed by atoms with Crippen LogP contribution in [0.2, 0.25) is 0 Å². The molecule has 57 valence electrons. The van der Waals surface area contributed by atoms with Crippen molar-refractivity contribution in [3.05, 3.63) is 6.42 Å². The number of hydrogen-bond acceptors (Lipinski definition) is 0. The monoisotopic (exact) mass is 137 g/mol. The van der Waals surface area contributed by atoms with Gasteiger partial charge in [0.05, 0.1) is 0 Å². The van der Waals surface area contributed by atoms with Crippen LogP contribution >= 0.6 is 0 Å². The van der Waals surface area contributed by atoms with Crippen LogP contribution in [0.1, 0.15) is 33.6 Å². The van der Waals surface area contributed by atoms with E-state index in [9.17, 15) is 0 Å². The Kier molecular flexibility index (Phi) is 1.19. The Bertz CT molecular complexity index is 148. The van der Waals surface area contributed by atoms with Gasteiger partial charge in [-0.2, -0.15) is 0 Å². The van der Waals surface area contributed by atoms with E-state index in [1.165, 1.54) is 12.8 Å². The molecule has 0 heterocycles. The van der Waals surface area contributed by atoms with Gasteiger partial charge in [-0.1, -0.05) is 20.8 Å². The fraction of sp³-hybridized carbons (Fsp3) is 0.900. The van der Waals surface area contributed by atoms with Crippen LogP contribution in [-0.2, 0) is 0 Å². The predicted octanol–water partition coefficient (Wildman–Crippen LogP) is 2.89. The first kappa shape index (κ1) is 6.69. The van der Waals surface area contributed by atoms with Crippen molar-refractivity contribution in [2.75, 3.05) is 0 Å². The zero-order valence-electron chi connectivity index (χ0n) is 7.22. The second kappa shape index (κ2) is 1.78. The maximum Gasteiger partial charge on any atom is -0.0238 e. The van der Waals surface area contributed by atoms with Crippen LogP contribution in [0.25, 0.3) is 0 Å². The Morgan fingerprint density at radius 3 is 2.40 bits per heavy atom. The topological polar surface area (TPSA) is 0 Å². The van der Waals surface area contributed by atoms with Crippen molar-refractivity contribution in [3.8, 4) is 0 Å². The Hall–Kier alpha value is 0. The summed E-state index contributed by atoms with van der Waals surface area (Å²) in [5.74, 6) is 2.90. The predicted molar refractivity (Wildman–Crippen MR) is 43.5 cm³/mol. The summed E-state index contributed by atoms with van der Waals surface area (Å²) in [6.07, 6.45) is 5.44. The first-order chi connectivity index (χ1) is 4.67. The highest BCUT2D eigenvalue weighted by atomic mass is 14.7. The molecule has 2 aliphatic carbocycles. The highest BCUT2D eigenvalue weighted by Gasteiger charge is 2.61. The lowest BCUT2D eigenvalue weighted by atomic mass is 9.90. The summed E-state index contributed by atoms with van der Waals surface area (Å²) in [7, 11) is 0.